The number of aliphatic hydroxyl groups excluding tert-OH is 1. The van der Waals surface area contributed by atoms with Gasteiger partial charge in [0, 0.05) is 33.5 Å². The van der Waals surface area contributed by atoms with Crippen molar-refractivity contribution in [3.05, 3.63) is 53.6 Å². The van der Waals surface area contributed by atoms with Crippen molar-refractivity contribution in [2.45, 2.75) is 51.4 Å². The van der Waals surface area contributed by atoms with Crippen LogP contribution in [0.15, 0.2) is 36.7 Å². The lowest BCUT2D eigenvalue weighted by Gasteiger charge is -2.16. The number of nitriles is 1. The third-order valence-electron chi connectivity index (χ3n) is 4.09. The lowest BCUT2D eigenvalue weighted by molar-refractivity contribution is 0.0843. The van der Waals surface area contributed by atoms with Crippen molar-refractivity contribution >= 4 is 8.07 Å². The number of aryl methyl sites for hydroxylation is 1. The molecule has 0 amide bonds. The number of hydrogen-bond acceptors (Lipinski definition) is 4. The Morgan fingerprint density at radius 1 is 1.28 bits per heavy atom. The molecule has 1 unspecified atom stereocenters. The van der Waals surface area contributed by atoms with Crippen LogP contribution in [0.2, 0.25) is 25.7 Å². The van der Waals surface area contributed by atoms with Gasteiger partial charge in [-0.05, 0) is 30.2 Å². The minimum absolute atomic E-state index is 0.507. The summed E-state index contributed by atoms with van der Waals surface area (Å²) in [7, 11) is -1.07. The number of aliphatic hydroxyl groups is 1. The van der Waals surface area contributed by atoms with Crippen LogP contribution in [-0.2, 0) is 17.9 Å². The first-order valence-electron chi connectivity index (χ1n) is 8.65. The molecule has 0 saturated heterocycles. The van der Waals surface area contributed by atoms with Gasteiger partial charge in [0.2, 0.25) is 0 Å². The molecule has 0 bridgehead atoms. The third kappa shape index (κ3) is 6.46. The number of rotatable bonds is 9. The molecule has 1 N–H and O–H groups in total. The minimum Gasteiger partial charge on any atom is -0.388 e. The van der Waals surface area contributed by atoms with Gasteiger partial charge < -0.3 is 14.4 Å². The maximum Gasteiger partial charge on any atom is 0.123 e. The molecule has 2 aromatic rings. The van der Waals surface area contributed by atoms with Gasteiger partial charge in [-0.15, -0.1) is 0 Å². The van der Waals surface area contributed by atoms with Crippen LogP contribution >= 0.6 is 0 Å². The van der Waals surface area contributed by atoms with Crippen LogP contribution in [0.25, 0.3) is 0 Å². The number of aromatic nitrogens is 2. The third-order valence-corrected chi connectivity index (χ3v) is 5.80. The molecule has 0 saturated carbocycles. The highest BCUT2D eigenvalue weighted by molar-refractivity contribution is 6.76. The van der Waals surface area contributed by atoms with Crippen molar-refractivity contribution in [2.75, 3.05) is 6.61 Å². The molecule has 1 heterocycles. The minimum atomic E-state index is -1.07. The second kappa shape index (κ2) is 8.95. The Morgan fingerprint density at radius 3 is 2.64 bits per heavy atom. The molecule has 0 radical (unpaired) electrons. The molecule has 2 rings (SSSR count). The van der Waals surface area contributed by atoms with Gasteiger partial charge in [-0.2, -0.15) is 5.26 Å². The molecule has 6 heteroatoms. The molecule has 1 atom stereocenters. The molecule has 0 aliphatic heterocycles. The molecular weight excluding hydrogens is 330 g/mol. The zero-order chi connectivity index (χ0) is 18.3. The van der Waals surface area contributed by atoms with E-state index in [2.05, 4.69) is 30.7 Å². The number of nitrogens with zero attached hydrogens (tertiary/aromatic N) is 3. The summed E-state index contributed by atoms with van der Waals surface area (Å²) in [6.45, 7) is 8.30. The van der Waals surface area contributed by atoms with Crippen LogP contribution in [0.4, 0.5) is 0 Å². The average molecular weight is 358 g/mol. The van der Waals surface area contributed by atoms with E-state index in [4.69, 9.17) is 10.00 Å². The van der Waals surface area contributed by atoms with Gasteiger partial charge in [0.1, 0.15) is 12.6 Å². The van der Waals surface area contributed by atoms with Gasteiger partial charge in [-0.25, -0.2) is 4.98 Å². The van der Waals surface area contributed by atoms with Gasteiger partial charge >= 0.3 is 0 Å². The summed E-state index contributed by atoms with van der Waals surface area (Å²) in [5, 5.41) is 19.2. The normalized spacial score (nSPS) is 12.8. The van der Waals surface area contributed by atoms with Crippen molar-refractivity contribution in [1.29, 1.82) is 5.26 Å². The first kappa shape index (κ1) is 19.4. The molecule has 0 aliphatic carbocycles. The number of imidazole rings is 1. The summed E-state index contributed by atoms with van der Waals surface area (Å²) in [5.74, 6) is 0.917. The first-order valence-corrected chi connectivity index (χ1v) is 12.4. The first-order chi connectivity index (χ1) is 11.9. The van der Waals surface area contributed by atoms with E-state index in [9.17, 15) is 5.11 Å². The Bertz CT molecular complexity index is 699. The summed E-state index contributed by atoms with van der Waals surface area (Å²) in [6, 6.07) is 10.3. The quantitative estimate of drug-likeness (QED) is 0.548. The number of ether oxygens (including phenoxy) is 1. The maximum atomic E-state index is 10.3. The van der Waals surface area contributed by atoms with Crippen LogP contribution in [0.1, 0.15) is 29.5 Å². The fraction of sp³-hybridized carbons (Fsp3) is 0.474. The Labute approximate surface area is 150 Å². The summed E-state index contributed by atoms with van der Waals surface area (Å²) in [4.78, 5) is 4.37. The zero-order valence-corrected chi connectivity index (χ0v) is 16.3. The highest BCUT2D eigenvalue weighted by Crippen LogP contribution is 2.19. The second-order valence-corrected chi connectivity index (χ2v) is 13.1. The Kier molecular flexibility index (Phi) is 6.94. The molecule has 0 spiro atoms. The molecule has 1 aromatic carbocycles. The molecule has 5 nitrogen and oxygen atoms in total. The molecule has 134 valence electrons. The number of hydrogen-bond donors (Lipinski definition) is 1. The average Bonchev–Trinajstić information content (AvgIpc) is 3.03. The van der Waals surface area contributed by atoms with Crippen LogP contribution < -0.4 is 0 Å². The van der Waals surface area contributed by atoms with Crippen molar-refractivity contribution in [3.8, 4) is 6.07 Å². The summed E-state index contributed by atoms with van der Waals surface area (Å²) >= 11 is 0. The fourth-order valence-corrected chi connectivity index (χ4v) is 3.20. The second-order valence-electron chi connectivity index (χ2n) is 7.45. The van der Waals surface area contributed by atoms with Gasteiger partial charge in [0.15, 0.2) is 0 Å². The van der Waals surface area contributed by atoms with Crippen LogP contribution in [0.5, 0.6) is 0 Å². The van der Waals surface area contributed by atoms with Gasteiger partial charge in [0.05, 0.1) is 17.7 Å². The van der Waals surface area contributed by atoms with Gasteiger partial charge in [-0.1, -0.05) is 31.8 Å². The molecule has 1 aromatic heterocycles. The summed E-state index contributed by atoms with van der Waals surface area (Å²) in [6.07, 6.45) is 4.37. The van der Waals surface area contributed by atoms with Gasteiger partial charge in [0.25, 0.3) is 0 Å². The van der Waals surface area contributed by atoms with E-state index in [-0.39, 0.29) is 0 Å². The standard InChI is InChI=1S/C19H27N3O2Si/c1-25(2,3)13-12-24-15-22-11-10-21-19(22)9-8-18(23)17-6-4-16(14-20)5-7-17/h4-7,10-11,18,23H,8-9,12-13,15H2,1-3H3. The summed E-state index contributed by atoms with van der Waals surface area (Å²) in [5.41, 5.74) is 1.42. The van der Waals surface area contributed by atoms with Crippen molar-refractivity contribution in [2.24, 2.45) is 0 Å². The van der Waals surface area contributed by atoms with E-state index in [1.165, 1.54) is 0 Å². The largest absolute Gasteiger partial charge is 0.388 e. The highest BCUT2D eigenvalue weighted by Gasteiger charge is 2.13. The van der Waals surface area contributed by atoms with Crippen molar-refractivity contribution in [3.63, 3.8) is 0 Å². The maximum absolute atomic E-state index is 10.3. The van der Waals surface area contributed by atoms with Crippen LogP contribution in [0, 0.1) is 11.3 Å². The molecule has 0 aliphatic rings. The van der Waals surface area contributed by atoms with E-state index in [0.717, 1.165) is 24.0 Å². The fourth-order valence-electron chi connectivity index (χ4n) is 2.44. The Balaban J connectivity index is 1.82. The molecule has 25 heavy (non-hydrogen) atoms. The number of benzene rings is 1. The van der Waals surface area contributed by atoms with E-state index in [1.54, 1.807) is 30.5 Å². The lowest BCUT2D eigenvalue weighted by atomic mass is 10.0. The van der Waals surface area contributed by atoms with E-state index >= 15 is 0 Å². The summed E-state index contributed by atoms with van der Waals surface area (Å²) < 4.78 is 7.77. The smallest absolute Gasteiger partial charge is 0.123 e. The van der Waals surface area contributed by atoms with E-state index < -0.39 is 14.2 Å². The predicted octanol–water partition coefficient (Wildman–Crippen LogP) is 3.73. The van der Waals surface area contributed by atoms with Crippen LogP contribution in [0.3, 0.4) is 0 Å². The van der Waals surface area contributed by atoms with Crippen LogP contribution in [-0.4, -0.2) is 29.3 Å². The van der Waals surface area contributed by atoms with Crippen molar-refractivity contribution < 1.29 is 9.84 Å². The molecule has 0 fully saturated rings. The van der Waals surface area contributed by atoms with E-state index in [1.807, 2.05) is 10.8 Å². The SMILES string of the molecule is C[Si](C)(C)CCOCn1ccnc1CCC(O)c1ccc(C#N)cc1. The lowest BCUT2D eigenvalue weighted by Crippen LogP contribution is -2.22. The van der Waals surface area contributed by atoms with E-state index in [0.29, 0.717) is 25.1 Å². The topological polar surface area (TPSA) is 71.1 Å². The predicted molar refractivity (Wildman–Crippen MR) is 101 cm³/mol. The zero-order valence-electron chi connectivity index (χ0n) is 15.3. The highest BCUT2D eigenvalue weighted by atomic mass is 28.3. The Morgan fingerprint density at radius 2 is 2.00 bits per heavy atom. The molecular formula is C19H27N3O2Si. The Hall–Kier alpha value is -1.94. The monoisotopic (exact) mass is 357 g/mol. The van der Waals surface area contributed by atoms with Crippen molar-refractivity contribution in [1.82, 2.24) is 9.55 Å². The van der Waals surface area contributed by atoms with Gasteiger partial charge in [-0.3, -0.25) is 0 Å².